The summed E-state index contributed by atoms with van der Waals surface area (Å²) in [5, 5.41) is 2.72. The smallest absolute Gasteiger partial charge is 0.243 e. The van der Waals surface area contributed by atoms with Crippen molar-refractivity contribution in [3.63, 3.8) is 0 Å². The number of fused-ring (bicyclic) bond motifs is 1. The minimum Gasteiger partial charge on any atom is -0.486 e. The Balaban J connectivity index is 1.58. The maximum absolute atomic E-state index is 12.5. The fourth-order valence-corrected chi connectivity index (χ4v) is 3.92. The lowest BCUT2D eigenvalue weighted by Crippen LogP contribution is -2.38. The normalized spacial score (nSPS) is 13.4. The van der Waals surface area contributed by atoms with E-state index in [1.165, 1.54) is 19.2 Å². The molecule has 2 aromatic carbocycles. The Labute approximate surface area is 166 Å². The van der Waals surface area contributed by atoms with E-state index in [2.05, 4.69) is 21.2 Å². The van der Waals surface area contributed by atoms with Gasteiger partial charge in [0.15, 0.2) is 11.5 Å². The Bertz CT molecular complexity index is 931. The number of nitrogens with zero attached hydrogens (tertiary/aromatic N) is 1. The van der Waals surface area contributed by atoms with Crippen LogP contribution in [0.5, 0.6) is 11.5 Å². The van der Waals surface area contributed by atoms with E-state index >= 15 is 0 Å². The van der Waals surface area contributed by atoms with Gasteiger partial charge in [-0.3, -0.25) is 4.79 Å². The Hall–Kier alpha value is -2.10. The fraction of sp³-hybridized carbons (Fsp3) is 0.278. The van der Waals surface area contributed by atoms with Gasteiger partial charge < -0.3 is 14.8 Å². The van der Waals surface area contributed by atoms with Crippen LogP contribution < -0.4 is 14.8 Å². The van der Waals surface area contributed by atoms with Crippen LogP contribution in [0.25, 0.3) is 0 Å². The first-order chi connectivity index (χ1) is 12.9. The van der Waals surface area contributed by atoms with Crippen LogP contribution in [0.2, 0.25) is 0 Å². The molecule has 0 unspecified atom stereocenters. The number of carbonyl (C=O) groups is 1. The van der Waals surface area contributed by atoms with Crippen molar-refractivity contribution in [1.29, 1.82) is 0 Å². The Kier molecular flexibility index (Phi) is 6.03. The van der Waals surface area contributed by atoms with Crippen LogP contribution in [0.4, 0.5) is 0 Å². The third kappa shape index (κ3) is 4.79. The van der Waals surface area contributed by atoms with Gasteiger partial charge in [-0.05, 0) is 42.0 Å². The maximum Gasteiger partial charge on any atom is 0.243 e. The number of hydrogen-bond acceptors (Lipinski definition) is 5. The molecule has 1 aliphatic rings. The molecule has 0 spiro atoms. The van der Waals surface area contributed by atoms with Gasteiger partial charge in [0.25, 0.3) is 0 Å². The van der Waals surface area contributed by atoms with E-state index in [9.17, 15) is 13.2 Å². The van der Waals surface area contributed by atoms with Gasteiger partial charge in [0.05, 0.1) is 11.4 Å². The zero-order valence-electron chi connectivity index (χ0n) is 14.6. The predicted octanol–water partition coefficient (Wildman–Crippen LogP) is 2.16. The molecule has 27 heavy (non-hydrogen) atoms. The van der Waals surface area contributed by atoms with E-state index in [4.69, 9.17) is 9.47 Å². The summed E-state index contributed by atoms with van der Waals surface area (Å²) in [6, 6.07) is 11.7. The molecule has 0 saturated heterocycles. The van der Waals surface area contributed by atoms with Crippen molar-refractivity contribution >= 4 is 31.9 Å². The third-order valence-corrected chi connectivity index (χ3v) is 6.33. The van der Waals surface area contributed by atoms with Crippen LogP contribution in [-0.2, 0) is 21.4 Å². The lowest BCUT2D eigenvalue weighted by molar-refractivity contribution is -0.121. The third-order valence-electron chi connectivity index (χ3n) is 3.98. The highest BCUT2D eigenvalue weighted by Crippen LogP contribution is 2.30. The van der Waals surface area contributed by atoms with Crippen LogP contribution in [0.3, 0.4) is 0 Å². The number of sulfonamides is 1. The number of likely N-dealkylation sites (N-methyl/N-ethyl adjacent to an activating group) is 1. The van der Waals surface area contributed by atoms with Gasteiger partial charge in [-0.15, -0.1) is 0 Å². The Morgan fingerprint density at radius 3 is 2.48 bits per heavy atom. The summed E-state index contributed by atoms with van der Waals surface area (Å²) in [5.74, 6) is 0.924. The Morgan fingerprint density at radius 2 is 1.78 bits per heavy atom. The summed E-state index contributed by atoms with van der Waals surface area (Å²) < 4.78 is 37.8. The summed E-state index contributed by atoms with van der Waals surface area (Å²) in [5.41, 5.74) is 0.839. The van der Waals surface area contributed by atoms with Gasteiger partial charge in [-0.2, -0.15) is 4.31 Å². The monoisotopic (exact) mass is 454 g/mol. The first-order valence-electron chi connectivity index (χ1n) is 8.23. The highest BCUT2D eigenvalue weighted by atomic mass is 79.9. The van der Waals surface area contributed by atoms with Crippen LogP contribution in [0, 0.1) is 0 Å². The number of halogens is 1. The molecule has 9 heteroatoms. The number of rotatable bonds is 6. The van der Waals surface area contributed by atoms with Crippen molar-refractivity contribution in [2.75, 3.05) is 26.8 Å². The van der Waals surface area contributed by atoms with Crippen molar-refractivity contribution < 1.29 is 22.7 Å². The van der Waals surface area contributed by atoms with E-state index in [0.717, 1.165) is 14.3 Å². The lowest BCUT2D eigenvalue weighted by Gasteiger charge is -2.19. The molecule has 0 fully saturated rings. The average molecular weight is 455 g/mol. The zero-order valence-corrected chi connectivity index (χ0v) is 17.0. The van der Waals surface area contributed by atoms with Crippen molar-refractivity contribution in [3.05, 3.63) is 52.5 Å². The van der Waals surface area contributed by atoms with Crippen LogP contribution in [-0.4, -0.2) is 45.4 Å². The number of ether oxygens (including phenoxy) is 2. The highest BCUT2D eigenvalue weighted by Gasteiger charge is 2.22. The number of amides is 1. The molecular formula is C18H19BrN2O5S. The number of nitrogens with one attached hydrogen (secondary N) is 1. The molecule has 1 N–H and O–H groups in total. The SMILES string of the molecule is CN(CC(=O)NCc1ccc2c(c1)OCCO2)S(=O)(=O)c1ccc(Br)cc1. The molecule has 0 atom stereocenters. The summed E-state index contributed by atoms with van der Waals surface area (Å²) in [6.45, 7) is 0.994. The molecule has 1 heterocycles. The molecule has 0 aliphatic carbocycles. The molecule has 7 nitrogen and oxygen atoms in total. The van der Waals surface area contributed by atoms with E-state index in [-0.39, 0.29) is 18.0 Å². The average Bonchev–Trinajstić information content (AvgIpc) is 2.66. The standard InChI is InChI=1S/C18H19BrN2O5S/c1-21(27(23,24)15-5-3-14(19)4-6-15)12-18(22)20-11-13-2-7-16-17(10-13)26-9-8-25-16/h2-7,10H,8-9,11-12H2,1H3,(H,20,22). The molecule has 3 rings (SSSR count). The summed E-state index contributed by atoms with van der Waals surface area (Å²) in [7, 11) is -2.35. The first kappa shape index (κ1) is 19.7. The topological polar surface area (TPSA) is 84.9 Å². The molecule has 0 saturated carbocycles. The van der Waals surface area contributed by atoms with Crippen molar-refractivity contribution in [2.24, 2.45) is 0 Å². The van der Waals surface area contributed by atoms with E-state index < -0.39 is 15.9 Å². The van der Waals surface area contributed by atoms with Gasteiger partial charge in [-0.25, -0.2) is 8.42 Å². The van der Waals surface area contributed by atoms with Crippen molar-refractivity contribution in [1.82, 2.24) is 9.62 Å². The van der Waals surface area contributed by atoms with Gasteiger partial charge >= 0.3 is 0 Å². The summed E-state index contributed by atoms with van der Waals surface area (Å²) in [6.07, 6.45) is 0. The molecule has 2 aromatic rings. The van der Waals surface area contributed by atoms with Gasteiger partial charge in [0.1, 0.15) is 13.2 Å². The van der Waals surface area contributed by atoms with Crippen molar-refractivity contribution in [3.8, 4) is 11.5 Å². The number of hydrogen-bond donors (Lipinski definition) is 1. The zero-order chi connectivity index (χ0) is 19.4. The second-order valence-corrected chi connectivity index (χ2v) is 8.93. The molecule has 1 amide bonds. The molecular weight excluding hydrogens is 436 g/mol. The minimum atomic E-state index is -3.73. The fourth-order valence-electron chi connectivity index (χ4n) is 2.53. The summed E-state index contributed by atoms with van der Waals surface area (Å²) in [4.78, 5) is 12.3. The highest BCUT2D eigenvalue weighted by molar-refractivity contribution is 9.10. The van der Waals surface area contributed by atoms with Crippen molar-refractivity contribution in [2.45, 2.75) is 11.4 Å². The molecule has 1 aliphatic heterocycles. The molecule has 0 radical (unpaired) electrons. The first-order valence-corrected chi connectivity index (χ1v) is 10.5. The Morgan fingerprint density at radius 1 is 1.11 bits per heavy atom. The number of benzene rings is 2. The van der Waals surface area contributed by atoms with Gasteiger partial charge in [0.2, 0.25) is 15.9 Å². The molecule has 144 valence electrons. The second kappa shape index (κ2) is 8.28. The summed E-state index contributed by atoms with van der Waals surface area (Å²) >= 11 is 3.27. The largest absolute Gasteiger partial charge is 0.486 e. The lowest BCUT2D eigenvalue weighted by atomic mass is 10.2. The second-order valence-electron chi connectivity index (χ2n) is 5.97. The quantitative estimate of drug-likeness (QED) is 0.722. The van der Waals surface area contributed by atoms with E-state index in [1.807, 2.05) is 6.07 Å². The van der Waals surface area contributed by atoms with Crippen LogP contribution in [0.1, 0.15) is 5.56 Å². The maximum atomic E-state index is 12.5. The van der Waals surface area contributed by atoms with Crippen LogP contribution in [0.15, 0.2) is 51.8 Å². The predicted molar refractivity (Wildman–Crippen MR) is 103 cm³/mol. The minimum absolute atomic E-state index is 0.132. The molecule has 0 aromatic heterocycles. The molecule has 0 bridgehead atoms. The number of carbonyl (C=O) groups excluding carboxylic acids is 1. The van der Waals surface area contributed by atoms with Gasteiger partial charge in [0, 0.05) is 18.1 Å². The van der Waals surface area contributed by atoms with E-state index in [0.29, 0.717) is 24.7 Å². The van der Waals surface area contributed by atoms with Gasteiger partial charge in [-0.1, -0.05) is 22.0 Å². The van der Waals surface area contributed by atoms with Crippen LogP contribution >= 0.6 is 15.9 Å². The van der Waals surface area contributed by atoms with E-state index in [1.54, 1.807) is 24.3 Å².